The smallest absolute Gasteiger partial charge is 0.252 e. The van der Waals surface area contributed by atoms with Crippen molar-refractivity contribution in [2.45, 2.75) is 25.2 Å². The molecule has 2 aromatic carbocycles. The maximum absolute atomic E-state index is 12.5. The van der Waals surface area contributed by atoms with E-state index in [4.69, 9.17) is 5.26 Å². The molecule has 2 heterocycles. The molecule has 0 bridgehead atoms. The highest BCUT2D eigenvalue weighted by atomic mass is 16.3. The summed E-state index contributed by atoms with van der Waals surface area (Å²) < 4.78 is 0. The topological polar surface area (TPSA) is 67.6 Å². The molecular formula is C21H21N3O2. The minimum absolute atomic E-state index is 0.0374. The lowest BCUT2D eigenvalue weighted by Gasteiger charge is -2.25. The van der Waals surface area contributed by atoms with Crippen molar-refractivity contribution >= 4 is 5.91 Å². The molecule has 0 aliphatic carbocycles. The minimum Gasteiger partial charge on any atom is -0.383 e. The van der Waals surface area contributed by atoms with Crippen molar-refractivity contribution in [3.63, 3.8) is 0 Å². The molecule has 0 spiro atoms. The Morgan fingerprint density at radius 1 is 1.00 bits per heavy atom. The third-order valence-electron chi connectivity index (χ3n) is 5.44. The van der Waals surface area contributed by atoms with E-state index in [-0.39, 0.29) is 17.9 Å². The number of hydrogen-bond acceptors (Lipinski definition) is 4. The number of aliphatic hydroxyl groups is 1. The van der Waals surface area contributed by atoms with Crippen molar-refractivity contribution in [3.8, 4) is 6.07 Å². The summed E-state index contributed by atoms with van der Waals surface area (Å²) in [6, 6.07) is 19.7. The van der Waals surface area contributed by atoms with E-state index in [0.29, 0.717) is 18.7 Å². The van der Waals surface area contributed by atoms with Crippen molar-refractivity contribution in [2.75, 3.05) is 13.1 Å². The Labute approximate surface area is 153 Å². The van der Waals surface area contributed by atoms with Gasteiger partial charge in [-0.25, -0.2) is 0 Å². The van der Waals surface area contributed by atoms with Crippen LogP contribution < -0.4 is 0 Å². The number of carbonyl (C=O) groups excluding carboxylic acids is 1. The van der Waals surface area contributed by atoms with Gasteiger partial charge >= 0.3 is 0 Å². The molecule has 0 unspecified atom stereocenters. The second-order valence-electron chi connectivity index (χ2n) is 7.13. The summed E-state index contributed by atoms with van der Waals surface area (Å²) in [6.07, 6.45) is -0.908. The number of nitriles is 1. The van der Waals surface area contributed by atoms with Crippen molar-refractivity contribution in [1.82, 2.24) is 9.80 Å². The molecule has 1 amide bonds. The molecule has 2 fully saturated rings. The standard InChI is InChI=1S/C21H21N3O2/c22-10-15-6-8-17(9-7-15)11-23-13-18-19(14-23)24(21(26)20(18)25)12-16-4-2-1-3-5-16/h1-9,18-20,25H,11-14H2/t18-,19+,20-/m0/s1. The van der Waals surface area contributed by atoms with Crippen LogP contribution >= 0.6 is 0 Å². The first kappa shape index (κ1) is 16.8. The van der Waals surface area contributed by atoms with Crippen molar-refractivity contribution < 1.29 is 9.90 Å². The average Bonchev–Trinajstić information content (AvgIpc) is 3.17. The van der Waals surface area contributed by atoms with Gasteiger partial charge in [0.05, 0.1) is 17.7 Å². The van der Waals surface area contributed by atoms with Gasteiger partial charge < -0.3 is 10.0 Å². The number of benzene rings is 2. The maximum Gasteiger partial charge on any atom is 0.252 e. The second kappa shape index (κ2) is 6.91. The predicted octanol–water partition coefficient (Wildman–Crippen LogP) is 1.76. The van der Waals surface area contributed by atoms with Crippen LogP contribution in [0, 0.1) is 17.2 Å². The summed E-state index contributed by atoms with van der Waals surface area (Å²) >= 11 is 0. The molecule has 2 saturated heterocycles. The highest BCUT2D eigenvalue weighted by molar-refractivity contribution is 5.84. The molecule has 2 aromatic rings. The first-order chi connectivity index (χ1) is 12.7. The van der Waals surface area contributed by atoms with E-state index in [1.165, 1.54) is 0 Å². The van der Waals surface area contributed by atoms with Gasteiger partial charge in [0, 0.05) is 32.1 Å². The van der Waals surface area contributed by atoms with E-state index < -0.39 is 6.10 Å². The number of hydrogen-bond donors (Lipinski definition) is 1. The normalized spacial score (nSPS) is 25.3. The first-order valence-electron chi connectivity index (χ1n) is 8.89. The van der Waals surface area contributed by atoms with Crippen LogP contribution in [0.2, 0.25) is 0 Å². The fraction of sp³-hybridized carbons (Fsp3) is 0.333. The van der Waals surface area contributed by atoms with Crippen LogP contribution in [-0.4, -0.2) is 46.0 Å². The minimum atomic E-state index is -0.908. The van der Waals surface area contributed by atoms with Gasteiger partial charge in [-0.1, -0.05) is 42.5 Å². The van der Waals surface area contributed by atoms with Gasteiger partial charge in [0.1, 0.15) is 6.10 Å². The summed E-state index contributed by atoms with van der Waals surface area (Å²) in [4.78, 5) is 16.6. The van der Waals surface area contributed by atoms with E-state index in [0.717, 1.165) is 24.2 Å². The number of nitrogens with zero attached hydrogens (tertiary/aromatic N) is 3. The van der Waals surface area contributed by atoms with E-state index >= 15 is 0 Å². The number of rotatable bonds is 4. The van der Waals surface area contributed by atoms with Gasteiger partial charge in [-0.2, -0.15) is 5.26 Å². The van der Waals surface area contributed by atoms with Crippen molar-refractivity contribution in [3.05, 3.63) is 71.3 Å². The lowest BCUT2D eigenvalue weighted by atomic mass is 10.0. The average molecular weight is 347 g/mol. The SMILES string of the molecule is N#Cc1ccc(CN2C[C@@H]3[C@H](O)C(=O)N(Cc4ccccc4)[C@@H]3C2)cc1. The largest absolute Gasteiger partial charge is 0.383 e. The molecule has 0 aromatic heterocycles. The van der Waals surface area contributed by atoms with Gasteiger partial charge in [-0.05, 0) is 23.3 Å². The number of carbonyl (C=O) groups is 1. The number of aliphatic hydroxyl groups excluding tert-OH is 1. The van der Waals surface area contributed by atoms with Gasteiger partial charge in [-0.15, -0.1) is 0 Å². The lowest BCUT2D eigenvalue weighted by molar-refractivity contribution is -0.136. The molecule has 3 atom stereocenters. The van der Waals surface area contributed by atoms with E-state index in [2.05, 4.69) is 11.0 Å². The Morgan fingerprint density at radius 3 is 2.38 bits per heavy atom. The Morgan fingerprint density at radius 2 is 1.69 bits per heavy atom. The lowest BCUT2D eigenvalue weighted by Crippen LogP contribution is -2.38. The summed E-state index contributed by atoms with van der Waals surface area (Å²) in [5.74, 6) is -0.188. The van der Waals surface area contributed by atoms with E-state index in [1.807, 2.05) is 59.5 Å². The molecule has 5 heteroatoms. The van der Waals surface area contributed by atoms with Gasteiger partial charge in [-0.3, -0.25) is 9.69 Å². The summed E-state index contributed by atoms with van der Waals surface area (Å²) in [5.41, 5.74) is 2.88. The van der Waals surface area contributed by atoms with E-state index in [1.54, 1.807) is 0 Å². The van der Waals surface area contributed by atoms with Crippen molar-refractivity contribution in [1.29, 1.82) is 5.26 Å². The monoisotopic (exact) mass is 347 g/mol. The molecule has 4 rings (SSSR count). The quantitative estimate of drug-likeness (QED) is 0.915. The van der Waals surface area contributed by atoms with Gasteiger partial charge in [0.25, 0.3) is 5.91 Å². The zero-order valence-electron chi connectivity index (χ0n) is 14.5. The first-order valence-corrected chi connectivity index (χ1v) is 8.89. The van der Waals surface area contributed by atoms with Crippen molar-refractivity contribution in [2.24, 2.45) is 5.92 Å². The maximum atomic E-state index is 12.5. The molecular weight excluding hydrogens is 326 g/mol. The van der Waals surface area contributed by atoms with Crippen LogP contribution in [0.5, 0.6) is 0 Å². The zero-order chi connectivity index (χ0) is 18.1. The Kier molecular flexibility index (Phi) is 4.46. The van der Waals surface area contributed by atoms with Gasteiger partial charge in [0.2, 0.25) is 0 Å². The predicted molar refractivity (Wildman–Crippen MR) is 96.7 cm³/mol. The second-order valence-corrected chi connectivity index (χ2v) is 7.13. The molecule has 26 heavy (non-hydrogen) atoms. The van der Waals surface area contributed by atoms with Crippen LogP contribution in [0.15, 0.2) is 54.6 Å². The van der Waals surface area contributed by atoms with Crippen LogP contribution in [0.25, 0.3) is 0 Å². The van der Waals surface area contributed by atoms with Crippen LogP contribution in [0.3, 0.4) is 0 Å². The third kappa shape index (κ3) is 3.10. The molecule has 2 aliphatic heterocycles. The highest BCUT2D eigenvalue weighted by Crippen LogP contribution is 2.34. The summed E-state index contributed by atoms with van der Waals surface area (Å²) in [5, 5.41) is 19.3. The molecule has 0 radical (unpaired) electrons. The molecule has 2 aliphatic rings. The highest BCUT2D eigenvalue weighted by Gasteiger charge is 2.51. The molecule has 5 nitrogen and oxygen atoms in total. The summed E-state index contributed by atoms with van der Waals surface area (Å²) in [7, 11) is 0. The van der Waals surface area contributed by atoms with Crippen LogP contribution in [0.1, 0.15) is 16.7 Å². The van der Waals surface area contributed by atoms with Crippen LogP contribution in [0.4, 0.5) is 0 Å². The molecule has 1 N–H and O–H groups in total. The Hall–Kier alpha value is -2.68. The summed E-state index contributed by atoms with van der Waals surface area (Å²) in [6.45, 7) is 2.78. The number of likely N-dealkylation sites (tertiary alicyclic amines) is 2. The van der Waals surface area contributed by atoms with Gasteiger partial charge in [0.15, 0.2) is 0 Å². The fourth-order valence-electron chi connectivity index (χ4n) is 4.10. The third-order valence-corrected chi connectivity index (χ3v) is 5.44. The number of amides is 1. The fourth-order valence-corrected chi connectivity index (χ4v) is 4.10. The molecule has 132 valence electrons. The Bertz CT molecular complexity index is 829. The Balaban J connectivity index is 1.46. The van der Waals surface area contributed by atoms with Crippen LogP contribution in [-0.2, 0) is 17.9 Å². The number of fused-ring (bicyclic) bond motifs is 1. The molecule has 0 saturated carbocycles. The van der Waals surface area contributed by atoms with E-state index in [9.17, 15) is 9.90 Å². The zero-order valence-corrected chi connectivity index (χ0v) is 14.5.